The molecule has 1 amide bonds. The van der Waals surface area contributed by atoms with Crippen LogP contribution in [0.1, 0.15) is 34.1 Å². The van der Waals surface area contributed by atoms with Crippen LogP contribution in [0, 0.1) is 20.8 Å². The Balaban J connectivity index is 1.98. The van der Waals surface area contributed by atoms with Gasteiger partial charge < -0.3 is 9.52 Å². The van der Waals surface area contributed by atoms with Crippen molar-refractivity contribution in [1.82, 2.24) is 0 Å². The van der Waals surface area contributed by atoms with Gasteiger partial charge in [-0.3, -0.25) is 14.5 Å². The van der Waals surface area contributed by atoms with Crippen molar-refractivity contribution in [3.63, 3.8) is 0 Å². The molecule has 0 bridgehead atoms. The van der Waals surface area contributed by atoms with E-state index in [9.17, 15) is 14.7 Å². The number of hydrogen-bond donors (Lipinski definition) is 1. The third-order valence-electron chi connectivity index (χ3n) is 5.32. The summed E-state index contributed by atoms with van der Waals surface area (Å²) in [5.41, 5.74) is 3.50. The number of anilines is 1. The Bertz CT molecular complexity index is 1190. The van der Waals surface area contributed by atoms with Crippen LogP contribution in [0.25, 0.3) is 5.76 Å². The highest BCUT2D eigenvalue weighted by Gasteiger charge is 2.48. The molecule has 4 rings (SSSR count). The van der Waals surface area contributed by atoms with Crippen LogP contribution in [-0.2, 0) is 9.59 Å². The molecule has 0 spiro atoms. The Hall–Kier alpha value is -3.31. The van der Waals surface area contributed by atoms with Gasteiger partial charge in [0.05, 0.1) is 11.8 Å². The van der Waals surface area contributed by atoms with Gasteiger partial charge in [-0.25, -0.2) is 0 Å². The fourth-order valence-corrected chi connectivity index (χ4v) is 4.05. The largest absolute Gasteiger partial charge is 0.507 e. The van der Waals surface area contributed by atoms with Crippen molar-refractivity contribution in [3.8, 4) is 0 Å². The van der Waals surface area contributed by atoms with Gasteiger partial charge in [0.25, 0.3) is 11.7 Å². The Labute approximate surface area is 179 Å². The second kappa shape index (κ2) is 7.50. The first-order valence-corrected chi connectivity index (χ1v) is 9.85. The predicted molar refractivity (Wildman–Crippen MR) is 116 cm³/mol. The fourth-order valence-electron chi connectivity index (χ4n) is 3.82. The van der Waals surface area contributed by atoms with Crippen LogP contribution in [0.4, 0.5) is 5.69 Å². The van der Waals surface area contributed by atoms with Gasteiger partial charge >= 0.3 is 0 Å². The number of hydrogen-bond acceptors (Lipinski definition) is 4. The number of halogens is 1. The lowest BCUT2D eigenvalue weighted by atomic mass is 9.96. The molecule has 1 atom stereocenters. The number of benzene rings is 2. The lowest BCUT2D eigenvalue weighted by Gasteiger charge is -2.25. The number of carbonyl (C=O) groups is 2. The molecule has 0 radical (unpaired) electrons. The van der Waals surface area contributed by atoms with E-state index in [-0.39, 0.29) is 11.3 Å². The van der Waals surface area contributed by atoms with E-state index in [0.717, 1.165) is 16.7 Å². The minimum absolute atomic E-state index is 0.00185. The maximum atomic E-state index is 13.1. The van der Waals surface area contributed by atoms with E-state index < -0.39 is 17.7 Å². The SMILES string of the molecule is Cc1ccc(C)c(/C(O)=C2/C(=O)C(=O)N(c3ccc(Cl)cc3C)C2c2ccco2)c1. The summed E-state index contributed by atoms with van der Waals surface area (Å²) in [7, 11) is 0. The number of aliphatic hydroxyl groups is 1. The third-order valence-corrected chi connectivity index (χ3v) is 5.56. The first-order chi connectivity index (χ1) is 14.3. The molecule has 1 fully saturated rings. The number of rotatable bonds is 3. The highest BCUT2D eigenvalue weighted by Crippen LogP contribution is 2.43. The smallest absolute Gasteiger partial charge is 0.300 e. The number of amides is 1. The van der Waals surface area contributed by atoms with Crippen molar-refractivity contribution in [2.24, 2.45) is 0 Å². The summed E-state index contributed by atoms with van der Waals surface area (Å²) in [6.45, 7) is 5.55. The van der Waals surface area contributed by atoms with Gasteiger partial charge in [0.2, 0.25) is 0 Å². The molecule has 1 aliphatic rings. The summed E-state index contributed by atoms with van der Waals surface area (Å²) in [5, 5.41) is 11.7. The van der Waals surface area contributed by atoms with Crippen LogP contribution in [0.3, 0.4) is 0 Å². The molecular formula is C24H20ClNO4. The number of Topliss-reactive ketones (excluding diaryl/α,β-unsaturated/α-hetero) is 1. The van der Waals surface area contributed by atoms with Gasteiger partial charge in [0.15, 0.2) is 0 Å². The molecule has 2 heterocycles. The molecule has 1 saturated heterocycles. The molecule has 30 heavy (non-hydrogen) atoms. The van der Waals surface area contributed by atoms with E-state index in [1.807, 2.05) is 32.9 Å². The molecule has 0 saturated carbocycles. The average molecular weight is 422 g/mol. The van der Waals surface area contributed by atoms with Crippen molar-refractivity contribution < 1.29 is 19.1 Å². The molecule has 1 aromatic heterocycles. The molecule has 2 aromatic carbocycles. The van der Waals surface area contributed by atoms with Crippen molar-refractivity contribution in [2.45, 2.75) is 26.8 Å². The normalized spacial score (nSPS) is 18.3. The lowest BCUT2D eigenvalue weighted by molar-refractivity contribution is -0.132. The molecule has 1 unspecified atom stereocenters. The molecular weight excluding hydrogens is 402 g/mol. The van der Waals surface area contributed by atoms with Crippen LogP contribution in [0.15, 0.2) is 64.8 Å². The fraction of sp³-hybridized carbons (Fsp3) is 0.167. The van der Waals surface area contributed by atoms with E-state index in [4.69, 9.17) is 16.0 Å². The molecule has 1 N–H and O–H groups in total. The van der Waals surface area contributed by atoms with Gasteiger partial charge in [-0.15, -0.1) is 0 Å². The number of aliphatic hydroxyl groups excluding tert-OH is 1. The zero-order chi connectivity index (χ0) is 21.6. The summed E-state index contributed by atoms with van der Waals surface area (Å²) in [4.78, 5) is 27.6. The summed E-state index contributed by atoms with van der Waals surface area (Å²) in [6, 6.07) is 13.1. The maximum absolute atomic E-state index is 13.1. The van der Waals surface area contributed by atoms with Gasteiger partial charge in [-0.1, -0.05) is 29.3 Å². The van der Waals surface area contributed by atoms with Crippen LogP contribution in [0.2, 0.25) is 5.02 Å². The molecule has 5 nitrogen and oxygen atoms in total. The minimum atomic E-state index is -0.889. The van der Waals surface area contributed by atoms with Crippen LogP contribution in [-0.4, -0.2) is 16.8 Å². The van der Waals surface area contributed by atoms with Crippen molar-refractivity contribution in [2.75, 3.05) is 4.90 Å². The first-order valence-electron chi connectivity index (χ1n) is 9.47. The first kappa shape index (κ1) is 20.0. The van der Waals surface area contributed by atoms with Gasteiger partial charge in [-0.2, -0.15) is 0 Å². The summed E-state index contributed by atoms with van der Waals surface area (Å²) >= 11 is 6.08. The highest BCUT2D eigenvalue weighted by molar-refractivity contribution is 6.51. The number of carbonyl (C=O) groups excluding carboxylic acids is 2. The number of nitrogens with zero attached hydrogens (tertiary/aromatic N) is 1. The van der Waals surface area contributed by atoms with Gasteiger partial charge in [0, 0.05) is 16.3 Å². The van der Waals surface area contributed by atoms with E-state index in [2.05, 4.69) is 0 Å². The standard InChI is InChI=1S/C24H20ClNO4/c1-13-6-7-14(2)17(11-13)22(27)20-21(19-5-4-10-30-19)26(24(29)23(20)28)18-9-8-16(25)12-15(18)3/h4-12,21,27H,1-3H3/b22-20-. The maximum Gasteiger partial charge on any atom is 0.300 e. The van der Waals surface area contributed by atoms with Gasteiger partial charge in [-0.05, 0) is 68.3 Å². The van der Waals surface area contributed by atoms with Crippen molar-refractivity contribution >= 4 is 34.7 Å². The molecule has 6 heteroatoms. The van der Waals surface area contributed by atoms with E-state index in [1.54, 1.807) is 36.4 Å². The summed E-state index contributed by atoms with van der Waals surface area (Å²) in [5.74, 6) is -1.32. The minimum Gasteiger partial charge on any atom is -0.507 e. The highest BCUT2D eigenvalue weighted by atomic mass is 35.5. The predicted octanol–water partition coefficient (Wildman–Crippen LogP) is 5.48. The van der Waals surface area contributed by atoms with Crippen LogP contribution in [0.5, 0.6) is 0 Å². The quantitative estimate of drug-likeness (QED) is 0.345. The average Bonchev–Trinajstić information content (AvgIpc) is 3.31. The monoisotopic (exact) mass is 421 g/mol. The molecule has 0 aliphatic carbocycles. The van der Waals surface area contributed by atoms with Crippen LogP contribution >= 0.6 is 11.6 Å². The Morgan fingerprint density at radius 2 is 1.80 bits per heavy atom. The molecule has 1 aliphatic heterocycles. The Morgan fingerprint density at radius 1 is 1.03 bits per heavy atom. The second-order valence-electron chi connectivity index (χ2n) is 7.43. The third kappa shape index (κ3) is 3.21. The summed E-state index contributed by atoms with van der Waals surface area (Å²) in [6.07, 6.45) is 1.47. The zero-order valence-corrected chi connectivity index (χ0v) is 17.5. The van der Waals surface area contributed by atoms with Crippen LogP contribution < -0.4 is 4.90 Å². The van der Waals surface area contributed by atoms with Crippen molar-refractivity contribution in [3.05, 3.63) is 93.4 Å². The zero-order valence-electron chi connectivity index (χ0n) is 16.8. The van der Waals surface area contributed by atoms with E-state index >= 15 is 0 Å². The van der Waals surface area contributed by atoms with E-state index in [1.165, 1.54) is 11.2 Å². The molecule has 3 aromatic rings. The lowest BCUT2D eigenvalue weighted by Crippen LogP contribution is -2.29. The van der Waals surface area contributed by atoms with Gasteiger partial charge in [0.1, 0.15) is 17.6 Å². The number of furan rings is 1. The van der Waals surface area contributed by atoms with E-state index in [0.29, 0.717) is 22.0 Å². The molecule has 152 valence electrons. The Kier molecular flexibility index (Phi) is 5.00. The number of ketones is 1. The summed E-state index contributed by atoms with van der Waals surface area (Å²) < 4.78 is 5.58. The second-order valence-corrected chi connectivity index (χ2v) is 7.87. The number of aryl methyl sites for hydroxylation is 3. The topological polar surface area (TPSA) is 70.8 Å². The Morgan fingerprint density at radius 3 is 2.47 bits per heavy atom. The van der Waals surface area contributed by atoms with Crippen molar-refractivity contribution in [1.29, 1.82) is 0 Å².